The van der Waals surface area contributed by atoms with Crippen LogP contribution in [0.1, 0.15) is 37.3 Å². The zero-order valence-electron chi connectivity index (χ0n) is 20.7. The Morgan fingerprint density at radius 1 is 0.714 bits per heavy atom. The zero-order chi connectivity index (χ0) is 25.5. The lowest BCUT2D eigenvalue weighted by Crippen LogP contribution is -2.41. The van der Waals surface area contributed by atoms with Crippen molar-refractivity contribution in [2.24, 2.45) is 0 Å². The molecule has 0 amide bonds. The van der Waals surface area contributed by atoms with E-state index < -0.39 is 26.3 Å². The second kappa shape index (κ2) is 12.4. The van der Waals surface area contributed by atoms with E-state index in [-0.39, 0.29) is 49.2 Å². The first-order chi connectivity index (χ1) is 16.6. The molecule has 194 valence electrons. The van der Waals surface area contributed by atoms with Gasteiger partial charge in [-0.3, -0.25) is 0 Å². The Balaban J connectivity index is 1.85. The van der Waals surface area contributed by atoms with Gasteiger partial charge in [0, 0.05) is 26.2 Å². The Labute approximate surface area is 209 Å². The summed E-state index contributed by atoms with van der Waals surface area (Å²) in [5.74, 6) is 0. The number of rotatable bonds is 6. The molecule has 0 saturated carbocycles. The maximum absolute atomic E-state index is 13.4. The molecule has 0 spiro atoms. The van der Waals surface area contributed by atoms with Crippen molar-refractivity contribution in [1.82, 2.24) is 8.61 Å². The van der Waals surface area contributed by atoms with Crippen molar-refractivity contribution < 1.29 is 26.3 Å². The third-order valence-electron chi connectivity index (χ3n) is 5.95. The quantitative estimate of drug-likeness (QED) is 0.574. The molecule has 0 aliphatic carbocycles. The summed E-state index contributed by atoms with van der Waals surface area (Å²) >= 11 is 0. The molecular formula is C25H36N2O6S2. The number of ether oxygens (including phenoxy) is 2. The fraction of sp³-hybridized carbons (Fsp3) is 0.520. The normalized spacial score (nSPS) is 18.6. The minimum absolute atomic E-state index is 0.157. The number of hydrogen-bond acceptors (Lipinski definition) is 6. The van der Waals surface area contributed by atoms with E-state index in [9.17, 15) is 16.8 Å². The summed E-state index contributed by atoms with van der Waals surface area (Å²) in [6, 6.07) is 13.4. The van der Waals surface area contributed by atoms with Gasteiger partial charge >= 0.3 is 0 Å². The summed E-state index contributed by atoms with van der Waals surface area (Å²) in [6.45, 7) is 6.87. The second-order valence-corrected chi connectivity index (χ2v) is 12.6. The molecule has 8 nitrogen and oxygen atoms in total. The van der Waals surface area contributed by atoms with Crippen LogP contribution in [0, 0.1) is 13.8 Å². The Bertz CT molecular complexity index is 1060. The highest BCUT2D eigenvalue weighted by Gasteiger charge is 2.28. The molecule has 10 heteroatoms. The third kappa shape index (κ3) is 7.34. The van der Waals surface area contributed by atoms with E-state index in [1.807, 2.05) is 20.8 Å². The first-order valence-corrected chi connectivity index (χ1v) is 14.9. The smallest absolute Gasteiger partial charge is 0.243 e. The van der Waals surface area contributed by atoms with Crippen molar-refractivity contribution >= 4 is 20.0 Å². The fourth-order valence-electron chi connectivity index (χ4n) is 3.87. The van der Waals surface area contributed by atoms with Crippen LogP contribution in [0.15, 0.2) is 58.3 Å². The molecule has 0 radical (unpaired) electrons. The minimum atomic E-state index is -3.76. The molecule has 0 atom stereocenters. The molecule has 0 unspecified atom stereocenters. The number of benzene rings is 2. The SMILES string of the molecule is CCCC1OCCN(S(=O)(=O)c2ccc(C)cc2)CCCN(S(=O)(=O)c2ccc(C)cc2)CCO1. The van der Waals surface area contributed by atoms with Gasteiger partial charge < -0.3 is 9.47 Å². The van der Waals surface area contributed by atoms with Crippen LogP contribution in [0.4, 0.5) is 0 Å². The van der Waals surface area contributed by atoms with Crippen LogP contribution in [-0.2, 0) is 29.5 Å². The average Bonchev–Trinajstić information content (AvgIpc) is 2.81. The maximum atomic E-state index is 13.4. The third-order valence-corrected chi connectivity index (χ3v) is 9.77. The molecule has 35 heavy (non-hydrogen) atoms. The van der Waals surface area contributed by atoms with Crippen LogP contribution in [0.2, 0.25) is 0 Å². The van der Waals surface area contributed by atoms with Gasteiger partial charge in [0.25, 0.3) is 0 Å². The van der Waals surface area contributed by atoms with Crippen LogP contribution in [0.3, 0.4) is 0 Å². The van der Waals surface area contributed by atoms with Gasteiger partial charge in [-0.25, -0.2) is 16.8 Å². The summed E-state index contributed by atoms with van der Waals surface area (Å²) in [5, 5.41) is 0. The molecule has 1 fully saturated rings. The lowest BCUT2D eigenvalue weighted by molar-refractivity contribution is -0.148. The van der Waals surface area contributed by atoms with Crippen molar-refractivity contribution in [2.45, 2.75) is 56.1 Å². The molecule has 1 aliphatic heterocycles. The van der Waals surface area contributed by atoms with E-state index in [0.29, 0.717) is 12.8 Å². The second-order valence-electron chi connectivity index (χ2n) is 8.75. The first kappa shape index (κ1) is 27.8. The Kier molecular flexibility index (Phi) is 9.86. The number of hydrogen-bond donors (Lipinski definition) is 0. The van der Waals surface area contributed by atoms with E-state index in [2.05, 4.69) is 0 Å². The van der Waals surface area contributed by atoms with Gasteiger partial charge in [0.05, 0.1) is 23.0 Å². The van der Waals surface area contributed by atoms with E-state index in [4.69, 9.17) is 9.47 Å². The van der Waals surface area contributed by atoms with Crippen molar-refractivity contribution in [1.29, 1.82) is 0 Å². The predicted molar refractivity (Wildman–Crippen MR) is 135 cm³/mol. The molecule has 0 aromatic heterocycles. The van der Waals surface area contributed by atoms with Gasteiger partial charge in [0.1, 0.15) is 0 Å². The van der Waals surface area contributed by atoms with Crippen LogP contribution in [-0.4, -0.2) is 71.1 Å². The molecule has 1 heterocycles. The van der Waals surface area contributed by atoms with Gasteiger partial charge in [-0.2, -0.15) is 8.61 Å². The summed E-state index contributed by atoms with van der Waals surface area (Å²) < 4.78 is 67.9. The van der Waals surface area contributed by atoms with Gasteiger partial charge in [-0.1, -0.05) is 48.7 Å². The average molecular weight is 525 g/mol. The predicted octanol–water partition coefficient (Wildman–Crippen LogP) is 3.55. The lowest BCUT2D eigenvalue weighted by atomic mass is 10.2. The molecule has 2 aromatic carbocycles. The largest absolute Gasteiger partial charge is 0.351 e. The van der Waals surface area contributed by atoms with Crippen molar-refractivity contribution in [2.75, 3.05) is 39.4 Å². The molecule has 2 aromatic rings. The standard InChI is InChI=1S/C25H36N2O6S2/c1-4-6-25-32-19-17-26(34(28,29)23-11-7-21(2)8-12-23)15-5-16-27(18-20-33-25)35(30,31)24-13-9-22(3)10-14-24/h7-14,25H,4-6,15-20H2,1-3H3. The summed E-state index contributed by atoms with van der Waals surface area (Å²) in [7, 11) is -7.53. The number of aryl methyl sites for hydroxylation is 2. The maximum Gasteiger partial charge on any atom is 0.243 e. The summed E-state index contributed by atoms with van der Waals surface area (Å²) in [4.78, 5) is 0.418. The van der Waals surface area contributed by atoms with Gasteiger partial charge in [0.15, 0.2) is 6.29 Å². The van der Waals surface area contributed by atoms with E-state index in [0.717, 1.165) is 17.5 Å². The van der Waals surface area contributed by atoms with Crippen molar-refractivity contribution in [3.05, 3.63) is 59.7 Å². The van der Waals surface area contributed by atoms with Crippen LogP contribution in [0.25, 0.3) is 0 Å². The topological polar surface area (TPSA) is 93.2 Å². The fourth-order valence-corrected chi connectivity index (χ4v) is 6.79. The summed E-state index contributed by atoms with van der Waals surface area (Å²) in [5.41, 5.74) is 1.94. The van der Waals surface area contributed by atoms with Crippen LogP contribution in [0.5, 0.6) is 0 Å². The highest BCUT2D eigenvalue weighted by atomic mass is 32.2. The molecule has 3 rings (SSSR count). The molecule has 1 saturated heterocycles. The van der Waals surface area contributed by atoms with Crippen molar-refractivity contribution in [3.63, 3.8) is 0 Å². The molecular weight excluding hydrogens is 488 g/mol. The Morgan fingerprint density at radius 2 is 1.11 bits per heavy atom. The minimum Gasteiger partial charge on any atom is -0.351 e. The van der Waals surface area contributed by atoms with Crippen molar-refractivity contribution in [3.8, 4) is 0 Å². The number of sulfonamides is 2. The van der Waals surface area contributed by atoms with E-state index >= 15 is 0 Å². The lowest BCUT2D eigenvalue weighted by Gasteiger charge is -2.28. The first-order valence-electron chi connectivity index (χ1n) is 12.0. The molecule has 0 N–H and O–H groups in total. The number of nitrogens with zero attached hydrogens (tertiary/aromatic N) is 2. The Hall–Kier alpha value is -1.82. The highest BCUT2D eigenvalue weighted by Crippen LogP contribution is 2.20. The van der Waals surface area contributed by atoms with E-state index in [1.165, 1.54) is 8.61 Å². The van der Waals surface area contributed by atoms with Crippen LogP contribution < -0.4 is 0 Å². The van der Waals surface area contributed by atoms with Gasteiger partial charge in [-0.15, -0.1) is 0 Å². The van der Waals surface area contributed by atoms with Gasteiger partial charge in [-0.05, 0) is 51.0 Å². The molecule has 1 aliphatic rings. The van der Waals surface area contributed by atoms with Gasteiger partial charge in [0.2, 0.25) is 20.0 Å². The monoisotopic (exact) mass is 524 g/mol. The van der Waals surface area contributed by atoms with E-state index in [1.54, 1.807) is 48.5 Å². The Morgan fingerprint density at radius 3 is 1.49 bits per heavy atom. The summed E-state index contributed by atoms with van der Waals surface area (Å²) in [6.07, 6.45) is 1.28. The molecule has 0 bridgehead atoms. The highest BCUT2D eigenvalue weighted by molar-refractivity contribution is 7.89. The van der Waals surface area contributed by atoms with Crippen LogP contribution >= 0.6 is 0 Å². The zero-order valence-corrected chi connectivity index (χ0v) is 22.4.